The number of nitrogens with zero attached hydrogens (tertiary/aromatic N) is 3. The van der Waals surface area contributed by atoms with Crippen LogP contribution >= 0.6 is 12.8 Å². The Morgan fingerprint density at radius 3 is 2.33 bits per heavy atom. The molecule has 1 aliphatic carbocycles. The second-order valence-corrected chi connectivity index (χ2v) is 8.09. The van der Waals surface area contributed by atoms with Gasteiger partial charge in [0.1, 0.15) is 6.33 Å². The quantitative estimate of drug-likeness (QED) is 0.519. The molecule has 1 amide bonds. The first kappa shape index (κ1) is 18.3. The average Bonchev–Trinajstić information content (AvgIpc) is 2.95. The molecular formula is C20H25N5OS. The summed E-state index contributed by atoms with van der Waals surface area (Å²) in [5.74, 6) is 0.0995. The zero-order valence-electron chi connectivity index (χ0n) is 15.3. The van der Waals surface area contributed by atoms with E-state index in [0.717, 1.165) is 41.6 Å². The molecule has 142 valence electrons. The minimum atomic E-state index is -0.352. The molecule has 1 aromatic carbocycles. The lowest BCUT2D eigenvalue weighted by Crippen LogP contribution is -2.40. The molecule has 3 aliphatic rings. The summed E-state index contributed by atoms with van der Waals surface area (Å²) in [6, 6.07) is 3.80. The Balaban J connectivity index is 0.000000218. The van der Waals surface area contributed by atoms with Gasteiger partial charge in [0.25, 0.3) is 0 Å². The maximum Gasteiger partial charge on any atom is 0.235 e. The molecule has 2 aliphatic heterocycles. The molecule has 27 heavy (non-hydrogen) atoms. The minimum Gasteiger partial charge on any atom is -0.399 e. The molecule has 7 heteroatoms. The van der Waals surface area contributed by atoms with E-state index >= 15 is 0 Å². The van der Waals surface area contributed by atoms with E-state index < -0.39 is 0 Å². The average molecular weight is 384 g/mol. The summed E-state index contributed by atoms with van der Waals surface area (Å²) in [6.45, 7) is 2.37. The largest absolute Gasteiger partial charge is 0.399 e. The number of aromatic nitrogens is 2. The molecule has 1 spiro atoms. The first-order valence-corrected chi connectivity index (χ1v) is 9.95. The maximum absolute atomic E-state index is 12.3. The molecule has 5 rings (SSSR count). The summed E-state index contributed by atoms with van der Waals surface area (Å²) in [4.78, 5) is 20.4. The van der Waals surface area contributed by atoms with Crippen LogP contribution in [0.3, 0.4) is 0 Å². The summed E-state index contributed by atoms with van der Waals surface area (Å²) in [7, 11) is 0. The number of hydrogen-bond acceptors (Lipinski definition) is 6. The van der Waals surface area contributed by atoms with Crippen molar-refractivity contribution in [1.82, 2.24) is 14.3 Å². The Morgan fingerprint density at radius 2 is 1.78 bits per heavy atom. The first-order valence-electron chi connectivity index (χ1n) is 9.55. The summed E-state index contributed by atoms with van der Waals surface area (Å²) < 4.78 is 2.09. The molecule has 0 atom stereocenters. The number of thiol groups is 1. The molecule has 2 fully saturated rings. The molecular weight excluding hydrogens is 358 g/mol. The zero-order valence-corrected chi connectivity index (χ0v) is 16.2. The normalized spacial score (nSPS) is 20.3. The maximum atomic E-state index is 12.3. The first-order chi connectivity index (χ1) is 13.1. The highest BCUT2D eigenvalue weighted by Gasteiger charge is 2.51. The summed E-state index contributed by atoms with van der Waals surface area (Å²) in [5.41, 5.74) is 10.0. The molecule has 0 unspecified atom stereocenters. The van der Waals surface area contributed by atoms with Crippen molar-refractivity contribution >= 4 is 30.1 Å². The van der Waals surface area contributed by atoms with Gasteiger partial charge in [-0.1, -0.05) is 25.7 Å². The third-order valence-corrected chi connectivity index (χ3v) is 6.16. The SMILES string of the molecule is Nc1cc(-c2cncnc2)c2c(c1)C1(CCC1)C(=O)N2.SN1CCCCC1. The number of nitrogens with two attached hydrogens (primary N) is 1. The monoisotopic (exact) mass is 383 g/mol. The number of anilines is 2. The lowest BCUT2D eigenvalue weighted by Gasteiger charge is -2.36. The molecule has 1 saturated carbocycles. The van der Waals surface area contributed by atoms with Crippen LogP contribution in [0, 0.1) is 0 Å². The van der Waals surface area contributed by atoms with Crippen molar-refractivity contribution in [3.8, 4) is 11.1 Å². The van der Waals surface area contributed by atoms with Crippen LogP contribution in [0.2, 0.25) is 0 Å². The Kier molecular flexibility index (Phi) is 5.06. The van der Waals surface area contributed by atoms with Crippen LogP contribution in [0.4, 0.5) is 11.4 Å². The minimum absolute atomic E-state index is 0.0995. The van der Waals surface area contributed by atoms with Gasteiger partial charge < -0.3 is 11.1 Å². The van der Waals surface area contributed by atoms with Crippen molar-refractivity contribution in [2.24, 2.45) is 0 Å². The van der Waals surface area contributed by atoms with Crippen LogP contribution in [0.5, 0.6) is 0 Å². The number of piperidine rings is 1. The standard InChI is InChI=1S/C15H14N4O.C5H11NS/c16-10-4-11(9-6-17-8-18-7-9)13-12(5-10)15(2-1-3-15)14(20)19-13;7-6-4-2-1-3-5-6/h4-8H,1-3,16H2,(H,19,20);7H,1-5H2. The Bertz CT molecular complexity index is 832. The van der Waals surface area contributed by atoms with Gasteiger partial charge in [-0.15, -0.1) is 0 Å². The van der Waals surface area contributed by atoms with E-state index in [1.54, 1.807) is 12.4 Å². The highest BCUT2D eigenvalue weighted by atomic mass is 32.1. The van der Waals surface area contributed by atoms with Gasteiger partial charge in [0.2, 0.25) is 5.91 Å². The molecule has 3 N–H and O–H groups in total. The number of fused-ring (bicyclic) bond motifs is 2. The van der Waals surface area contributed by atoms with Crippen molar-refractivity contribution in [3.05, 3.63) is 36.4 Å². The molecule has 1 saturated heterocycles. The zero-order chi connectivity index (χ0) is 18.9. The predicted octanol–water partition coefficient (Wildman–Crippen LogP) is 3.42. The number of amides is 1. The number of benzene rings is 1. The number of nitrogens with one attached hydrogen (secondary N) is 1. The predicted molar refractivity (Wildman–Crippen MR) is 110 cm³/mol. The fourth-order valence-corrected chi connectivity index (χ4v) is 4.38. The van der Waals surface area contributed by atoms with Gasteiger partial charge in [0.05, 0.1) is 11.1 Å². The molecule has 0 bridgehead atoms. The summed E-state index contributed by atoms with van der Waals surface area (Å²) >= 11 is 4.19. The summed E-state index contributed by atoms with van der Waals surface area (Å²) in [6.07, 6.45) is 11.9. The molecule has 6 nitrogen and oxygen atoms in total. The van der Waals surface area contributed by atoms with Gasteiger partial charge in [-0.2, -0.15) is 0 Å². The third-order valence-electron chi connectivity index (χ3n) is 5.76. The van der Waals surface area contributed by atoms with Crippen molar-refractivity contribution in [3.63, 3.8) is 0 Å². The fourth-order valence-electron chi connectivity index (χ4n) is 4.10. The Labute approximate surface area is 165 Å². The highest BCUT2D eigenvalue weighted by Crippen LogP contribution is 2.53. The Morgan fingerprint density at radius 1 is 1.07 bits per heavy atom. The fraction of sp³-hybridized carbons (Fsp3) is 0.450. The number of carbonyl (C=O) groups is 1. The topological polar surface area (TPSA) is 84.1 Å². The lowest BCUT2D eigenvalue weighted by atomic mass is 9.65. The van der Waals surface area contributed by atoms with Crippen LogP contribution < -0.4 is 11.1 Å². The van der Waals surface area contributed by atoms with Crippen LogP contribution in [0.15, 0.2) is 30.9 Å². The van der Waals surface area contributed by atoms with Gasteiger partial charge in [-0.05, 0) is 43.4 Å². The van der Waals surface area contributed by atoms with Crippen molar-refractivity contribution < 1.29 is 4.79 Å². The van der Waals surface area contributed by atoms with Gasteiger partial charge in [0, 0.05) is 42.3 Å². The molecule has 0 radical (unpaired) electrons. The number of rotatable bonds is 1. The van der Waals surface area contributed by atoms with E-state index in [1.807, 2.05) is 12.1 Å². The van der Waals surface area contributed by atoms with Gasteiger partial charge in [0.15, 0.2) is 0 Å². The Hall–Kier alpha value is -2.12. The van der Waals surface area contributed by atoms with E-state index in [4.69, 9.17) is 5.73 Å². The number of hydrogen-bond donors (Lipinski definition) is 3. The van der Waals surface area contributed by atoms with E-state index in [9.17, 15) is 4.79 Å². The van der Waals surface area contributed by atoms with E-state index in [0.29, 0.717) is 5.69 Å². The van der Waals surface area contributed by atoms with Gasteiger partial charge in [-0.25, -0.2) is 9.97 Å². The second kappa shape index (κ2) is 7.48. The summed E-state index contributed by atoms with van der Waals surface area (Å²) in [5, 5.41) is 3.03. The molecule has 1 aromatic heterocycles. The van der Waals surface area contributed by atoms with E-state index in [-0.39, 0.29) is 11.3 Å². The van der Waals surface area contributed by atoms with E-state index in [2.05, 4.69) is 32.4 Å². The third kappa shape index (κ3) is 3.41. The molecule has 3 heterocycles. The van der Waals surface area contributed by atoms with Gasteiger partial charge in [-0.3, -0.25) is 9.10 Å². The van der Waals surface area contributed by atoms with Crippen molar-refractivity contribution in [2.75, 3.05) is 24.1 Å². The molecule has 2 aromatic rings. The van der Waals surface area contributed by atoms with Crippen LogP contribution in [0.25, 0.3) is 11.1 Å². The van der Waals surface area contributed by atoms with Crippen LogP contribution in [0.1, 0.15) is 44.1 Å². The number of carbonyl (C=O) groups excluding carboxylic acids is 1. The second-order valence-electron chi connectivity index (χ2n) is 7.52. The van der Waals surface area contributed by atoms with E-state index in [1.165, 1.54) is 38.7 Å². The number of nitrogen functional groups attached to an aromatic ring is 1. The van der Waals surface area contributed by atoms with Crippen molar-refractivity contribution in [2.45, 2.75) is 43.9 Å². The van der Waals surface area contributed by atoms with Gasteiger partial charge >= 0.3 is 0 Å². The van der Waals surface area contributed by atoms with Crippen LogP contribution in [-0.4, -0.2) is 33.3 Å². The highest BCUT2D eigenvalue weighted by molar-refractivity contribution is 7.77. The van der Waals surface area contributed by atoms with Crippen LogP contribution in [-0.2, 0) is 10.2 Å². The lowest BCUT2D eigenvalue weighted by molar-refractivity contribution is -0.123. The van der Waals surface area contributed by atoms with Crippen molar-refractivity contribution in [1.29, 1.82) is 0 Å². The smallest absolute Gasteiger partial charge is 0.235 e.